The van der Waals surface area contributed by atoms with Gasteiger partial charge in [-0.1, -0.05) is 25.1 Å². The van der Waals surface area contributed by atoms with E-state index >= 15 is 0 Å². The average molecular weight is 270 g/mol. The highest BCUT2D eigenvalue weighted by Crippen LogP contribution is 2.31. The smallest absolute Gasteiger partial charge is 0.142 e. The van der Waals surface area contributed by atoms with Crippen molar-refractivity contribution in [2.45, 2.75) is 26.8 Å². The largest absolute Gasteiger partial charge is 0.495 e. The van der Waals surface area contributed by atoms with Gasteiger partial charge in [-0.15, -0.1) is 0 Å². The third kappa shape index (κ3) is 2.83. The lowest BCUT2D eigenvalue weighted by Gasteiger charge is -2.23. The standard InChI is InChI=1S/C17H22N2O/c1-5-18-17(15-12(2)8-6-9-13(15)3)16-14(20-4)10-7-11-19-16/h6-11,17-18H,5H2,1-4H3. The zero-order valence-corrected chi connectivity index (χ0v) is 12.6. The minimum Gasteiger partial charge on any atom is -0.495 e. The van der Waals surface area contributed by atoms with E-state index in [9.17, 15) is 0 Å². The van der Waals surface area contributed by atoms with Gasteiger partial charge in [-0.2, -0.15) is 0 Å². The molecule has 2 aromatic rings. The number of aryl methyl sites for hydroxylation is 2. The van der Waals surface area contributed by atoms with Crippen LogP contribution in [-0.4, -0.2) is 18.6 Å². The number of nitrogens with zero attached hydrogens (tertiary/aromatic N) is 1. The molecule has 2 rings (SSSR count). The summed E-state index contributed by atoms with van der Waals surface area (Å²) in [7, 11) is 1.69. The number of benzene rings is 1. The van der Waals surface area contributed by atoms with Gasteiger partial charge < -0.3 is 10.1 Å². The highest BCUT2D eigenvalue weighted by atomic mass is 16.5. The molecule has 1 atom stereocenters. The summed E-state index contributed by atoms with van der Waals surface area (Å²) in [6.07, 6.45) is 1.82. The summed E-state index contributed by atoms with van der Waals surface area (Å²) in [4.78, 5) is 4.54. The number of rotatable bonds is 5. The first-order valence-electron chi connectivity index (χ1n) is 6.97. The van der Waals surface area contributed by atoms with Gasteiger partial charge in [-0.25, -0.2) is 0 Å². The maximum Gasteiger partial charge on any atom is 0.142 e. The summed E-state index contributed by atoms with van der Waals surface area (Å²) < 4.78 is 5.47. The quantitative estimate of drug-likeness (QED) is 0.904. The van der Waals surface area contributed by atoms with Crippen LogP contribution >= 0.6 is 0 Å². The van der Waals surface area contributed by atoms with Gasteiger partial charge in [-0.05, 0) is 49.2 Å². The molecule has 20 heavy (non-hydrogen) atoms. The lowest BCUT2D eigenvalue weighted by molar-refractivity contribution is 0.400. The topological polar surface area (TPSA) is 34.2 Å². The number of pyridine rings is 1. The second-order valence-electron chi connectivity index (χ2n) is 4.89. The molecule has 0 fully saturated rings. The fourth-order valence-corrected chi connectivity index (χ4v) is 2.61. The van der Waals surface area contributed by atoms with E-state index in [1.165, 1.54) is 16.7 Å². The lowest BCUT2D eigenvalue weighted by Crippen LogP contribution is -2.25. The van der Waals surface area contributed by atoms with Crippen molar-refractivity contribution in [1.29, 1.82) is 0 Å². The summed E-state index contributed by atoms with van der Waals surface area (Å²) in [6, 6.07) is 10.3. The van der Waals surface area contributed by atoms with Gasteiger partial charge in [-0.3, -0.25) is 4.98 Å². The number of nitrogens with one attached hydrogen (secondary N) is 1. The Labute approximate surface area is 121 Å². The molecule has 0 saturated heterocycles. The third-order valence-electron chi connectivity index (χ3n) is 3.53. The summed E-state index contributed by atoms with van der Waals surface area (Å²) in [5.41, 5.74) is 4.76. The van der Waals surface area contributed by atoms with Crippen molar-refractivity contribution in [3.05, 3.63) is 58.9 Å². The van der Waals surface area contributed by atoms with Crippen LogP contribution in [0.5, 0.6) is 5.75 Å². The first-order valence-corrected chi connectivity index (χ1v) is 6.97. The summed E-state index contributed by atoms with van der Waals surface area (Å²) >= 11 is 0. The predicted octanol–water partition coefficient (Wildman–Crippen LogP) is 3.41. The molecule has 3 nitrogen and oxygen atoms in total. The van der Waals surface area contributed by atoms with E-state index in [2.05, 4.69) is 49.3 Å². The summed E-state index contributed by atoms with van der Waals surface area (Å²) in [5.74, 6) is 0.820. The Morgan fingerprint density at radius 3 is 2.45 bits per heavy atom. The van der Waals surface area contributed by atoms with Crippen LogP contribution in [0.1, 0.15) is 35.3 Å². The Bertz CT molecular complexity index is 561. The van der Waals surface area contributed by atoms with Gasteiger partial charge in [0.2, 0.25) is 0 Å². The Kier molecular flexibility index (Phi) is 4.74. The zero-order chi connectivity index (χ0) is 14.5. The number of hydrogen-bond acceptors (Lipinski definition) is 3. The normalized spacial score (nSPS) is 12.2. The van der Waals surface area contributed by atoms with Crippen LogP contribution in [0.3, 0.4) is 0 Å². The highest BCUT2D eigenvalue weighted by molar-refractivity contribution is 5.43. The molecular formula is C17H22N2O. The molecule has 0 aliphatic rings. The van der Waals surface area contributed by atoms with E-state index in [1.807, 2.05) is 18.3 Å². The predicted molar refractivity (Wildman–Crippen MR) is 82.2 cm³/mol. The molecule has 0 radical (unpaired) electrons. The maximum absolute atomic E-state index is 5.47. The Hall–Kier alpha value is -1.87. The number of aromatic nitrogens is 1. The van der Waals surface area contributed by atoms with E-state index in [1.54, 1.807) is 7.11 Å². The van der Waals surface area contributed by atoms with E-state index in [0.717, 1.165) is 18.0 Å². The molecule has 1 N–H and O–H groups in total. The average Bonchev–Trinajstić information content (AvgIpc) is 2.46. The van der Waals surface area contributed by atoms with E-state index in [-0.39, 0.29) is 6.04 Å². The Morgan fingerprint density at radius 2 is 1.85 bits per heavy atom. The van der Waals surface area contributed by atoms with Crippen LogP contribution in [0.25, 0.3) is 0 Å². The monoisotopic (exact) mass is 270 g/mol. The molecule has 0 aliphatic carbocycles. The molecule has 0 amide bonds. The van der Waals surface area contributed by atoms with E-state index in [0.29, 0.717) is 0 Å². The first-order chi connectivity index (χ1) is 9.69. The second kappa shape index (κ2) is 6.53. The van der Waals surface area contributed by atoms with Crippen molar-refractivity contribution < 1.29 is 4.74 Å². The van der Waals surface area contributed by atoms with Crippen molar-refractivity contribution in [2.24, 2.45) is 0 Å². The van der Waals surface area contributed by atoms with Crippen LogP contribution in [0.2, 0.25) is 0 Å². The van der Waals surface area contributed by atoms with Gasteiger partial charge in [0.05, 0.1) is 13.2 Å². The van der Waals surface area contributed by atoms with Crippen molar-refractivity contribution >= 4 is 0 Å². The van der Waals surface area contributed by atoms with Crippen LogP contribution in [0.4, 0.5) is 0 Å². The van der Waals surface area contributed by atoms with Crippen molar-refractivity contribution in [2.75, 3.05) is 13.7 Å². The molecule has 0 saturated carbocycles. The molecular weight excluding hydrogens is 248 g/mol. The van der Waals surface area contributed by atoms with E-state index in [4.69, 9.17) is 4.74 Å². The number of methoxy groups -OCH3 is 1. The second-order valence-corrected chi connectivity index (χ2v) is 4.89. The minimum atomic E-state index is 0.0531. The molecule has 0 aliphatic heterocycles. The van der Waals surface area contributed by atoms with Gasteiger partial charge in [0.1, 0.15) is 11.4 Å². The van der Waals surface area contributed by atoms with Crippen LogP contribution in [0, 0.1) is 13.8 Å². The van der Waals surface area contributed by atoms with Crippen LogP contribution in [0.15, 0.2) is 36.5 Å². The van der Waals surface area contributed by atoms with Gasteiger partial charge in [0.15, 0.2) is 0 Å². The van der Waals surface area contributed by atoms with Gasteiger partial charge >= 0.3 is 0 Å². The van der Waals surface area contributed by atoms with Gasteiger partial charge in [0.25, 0.3) is 0 Å². The molecule has 1 heterocycles. The number of ether oxygens (including phenoxy) is 1. The Morgan fingerprint density at radius 1 is 1.15 bits per heavy atom. The fraction of sp³-hybridized carbons (Fsp3) is 0.353. The van der Waals surface area contributed by atoms with Crippen LogP contribution < -0.4 is 10.1 Å². The highest BCUT2D eigenvalue weighted by Gasteiger charge is 2.21. The molecule has 0 bridgehead atoms. The number of hydrogen-bond donors (Lipinski definition) is 1. The van der Waals surface area contributed by atoms with Crippen molar-refractivity contribution in [3.8, 4) is 5.75 Å². The maximum atomic E-state index is 5.47. The first kappa shape index (κ1) is 14.5. The lowest BCUT2D eigenvalue weighted by atomic mass is 9.93. The van der Waals surface area contributed by atoms with Crippen LogP contribution in [-0.2, 0) is 0 Å². The molecule has 1 aromatic carbocycles. The third-order valence-corrected chi connectivity index (χ3v) is 3.53. The zero-order valence-electron chi connectivity index (χ0n) is 12.6. The minimum absolute atomic E-state index is 0.0531. The van der Waals surface area contributed by atoms with Crippen molar-refractivity contribution in [1.82, 2.24) is 10.3 Å². The molecule has 106 valence electrons. The fourth-order valence-electron chi connectivity index (χ4n) is 2.61. The molecule has 1 aromatic heterocycles. The molecule has 1 unspecified atom stereocenters. The molecule has 0 spiro atoms. The summed E-state index contributed by atoms with van der Waals surface area (Å²) in [6.45, 7) is 7.26. The molecule has 3 heteroatoms. The van der Waals surface area contributed by atoms with Crippen molar-refractivity contribution in [3.63, 3.8) is 0 Å². The SMILES string of the molecule is CCNC(c1ncccc1OC)c1c(C)cccc1C. The Balaban J connectivity index is 2.56. The van der Waals surface area contributed by atoms with Gasteiger partial charge in [0, 0.05) is 6.20 Å². The van der Waals surface area contributed by atoms with E-state index < -0.39 is 0 Å². The summed E-state index contributed by atoms with van der Waals surface area (Å²) in [5, 5.41) is 3.53.